The van der Waals surface area contributed by atoms with Crippen LogP contribution in [0, 0.1) is 21.7 Å². The number of aromatic nitrogens is 2. The van der Waals surface area contributed by atoms with Crippen LogP contribution in [0.25, 0.3) is 16.6 Å². The zero-order chi connectivity index (χ0) is 22.8. The van der Waals surface area contributed by atoms with Gasteiger partial charge in [-0.2, -0.15) is 0 Å². The van der Waals surface area contributed by atoms with Crippen LogP contribution in [0.1, 0.15) is 5.56 Å². The van der Waals surface area contributed by atoms with E-state index < -0.39 is 22.1 Å². The van der Waals surface area contributed by atoms with Crippen LogP contribution in [-0.4, -0.2) is 21.6 Å². The largest absolute Gasteiger partial charge is 0.496 e. The van der Waals surface area contributed by atoms with E-state index >= 15 is 0 Å². The van der Waals surface area contributed by atoms with Crippen molar-refractivity contribution in [3.63, 3.8) is 0 Å². The van der Waals surface area contributed by atoms with Crippen molar-refractivity contribution >= 4 is 28.4 Å². The van der Waals surface area contributed by atoms with Crippen LogP contribution in [0.3, 0.4) is 0 Å². The summed E-state index contributed by atoms with van der Waals surface area (Å²) in [5.74, 6) is -1.12. The average molecular weight is 455 g/mol. The molecular formula is C22H15F2N3O4S. The average Bonchev–Trinajstić information content (AvgIpc) is 2.78. The predicted molar refractivity (Wildman–Crippen MR) is 116 cm³/mol. The third-order valence-electron chi connectivity index (χ3n) is 4.73. The third kappa shape index (κ3) is 4.04. The lowest BCUT2D eigenvalue weighted by Crippen LogP contribution is -2.22. The molecule has 0 saturated carbocycles. The number of rotatable bonds is 6. The maximum absolute atomic E-state index is 14.6. The molecule has 162 valence electrons. The van der Waals surface area contributed by atoms with Gasteiger partial charge in [0.25, 0.3) is 11.2 Å². The number of non-ortho nitro benzene ring substituents is 1. The van der Waals surface area contributed by atoms with Gasteiger partial charge in [-0.15, -0.1) is 0 Å². The summed E-state index contributed by atoms with van der Waals surface area (Å²) in [5.41, 5.74) is 0.123. The summed E-state index contributed by atoms with van der Waals surface area (Å²) in [4.78, 5) is 28.3. The molecule has 0 atom stereocenters. The summed E-state index contributed by atoms with van der Waals surface area (Å²) in [7, 11) is 1.44. The predicted octanol–water partition coefficient (Wildman–Crippen LogP) is 4.87. The topological polar surface area (TPSA) is 87.3 Å². The number of methoxy groups -OCH3 is 1. The van der Waals surface area contributed by atoms with Gasteiger partial charge in [-0.3, -0.25) is 19.5 Å². The number of para-hydroxylation sites is 1. The van der Waals surface area contributed by atoms with E-state index in [1.165, 1.54) is 31.4 Å². The van der Waals surface area contributed by atoms with E-state index in [9.17, 15) is 23.7 Å². The van der Waals surface area contributed by atoms with E-state index in [1.807, 2.05) is 0 Å². The van der Waals surface area contributed by atoms with E-state index in [4.69, 9.17) is 4.74 Å². The fourth-order valence-electron chi connectivity index (χ4n) is 3.22. The molecule has 0 amide bonds. The van der Waals surface area contributed by atoms with Crippen LogP contribution >= 0.6 is 11.8 Å². The number of hydrogen-bond donors (Lipinski definition) is 0. The maximum Gasteiger partial charge on any atom is 0.270 e. The van der Waals surface area contributed by atoms with Crippen LogP contribution in [0.15, 0.2) is 70.6 Å². The molecule has 1 aromatic heterocycles. The molecule has 0 N–H and O–H groups in total. The van der Waals surface area contributed by atoms with Gasteiger partial charge in [0.05, 0.1) is 28.6 Å². The van der Waals surface area contributed by atoms with Gasteiger partial charge in [-0.05, 0) is 30.3 Å². The first kappa shape index (κ1) is 21.4. The van der Waals surface area contributed by atoms with Crippen LogP contribution in [-0.2, 0) is 5.75 Å². The van der Waals surface area contributed by atoms with Crippen molar-refractivity contribution in [2.24, 2.45) is 0 Å². The summed E-state index contributed by atoms with van der Waals surface area (Å²) in [6, 6.07) is 13.7. The fourth-order valence-corrected chi connectivity index (χ4v) is 4.20. The minimum atomic E-state index is -0.918. The van der Waals surface area contributed by atoms with Crippen molar-refractivity contribution in [2.45, 2.75) is 10.9 Å². The second-order valence-corrected chi connectivity index (χ2v) is 7.63. The van der Waals surface area contributed by atoms with Crippen molar-refractivity contribution in [1.29, 1.82) is 0 Å². The lowest BCUT2D eigenvalue weighted by atomic mass is 10.2. The number of hydrogen-bond acceptors (Lipinski definition) is 6. The van der Waals surface area contributed by atoms with E-state index in [2.05, 4.69) is 4.98 Å². The van der Waals surface area contributed by atoms with Crippen molar-refractivity contribution < 1.29 is 18.4 Å². The van der Waals surface area contributed by atoms with Crippen LogP contribution in [0.2, 0.25) is 0 Å². The van der Waals surface area contributed by atoms with Gasteiger partial charge in [0, 0.05) is 29.5 Å². The molecule has 3 aromatic carbocycles. The number of benzene rings is 3. The van der Waals surface area contributed by atoms with Crippen LogP contribution < -0.4 is 10.3 Å². The molecule has 0 bridgehead atoms. The molecule has 0 aliphatic heterocycles. The first-order valence-electron chi connectivity index (χ1n) is 9.30. The van der Waals surface area contributed by atoms with E-state index in [-0.39, 0.29) is 27.7 Å². The van der Waals surface area contributed by atoms with Crippen molar-refractivity contribution in [3.8, 4) is 11.4 Å². The molecule has 4 rings (SSSR count). The number of nitro benzene ring substituents is 1. The fraction of sp³-hybridized carbons (Fsp3) is 0.0909. The van der Waals surface area contributed by atoms with Gasteiger partial charge >= 0.3 is 0 Å². The quantitative estimate of drug-likeness (QED) is 0.178. The molecule has 0 aliphatic rings. The molecule has 0 aliphatic carbocycles. The first-order valence-corrected chi connectivity index (χ1v) is 10.3. The Morgan fingerprint density at radius 2 is 1.91 bits per heavy atom. The minimum Gasteiger partial charge on any atom is -0.496 e. The van der Waals surface area contributed by atoms with Crippen LogP contribution in [0.5, 0.6) is 5.75 Å². The highest BCUT2D eigenvalue weighted by Gasteiger charge is 2.18. The molecule has 32 heavy (non-hydrogen) atoms. The second-order valence-electron chi connectivity index (χ2n) is 6.69. The molecule has 4 aromatic rings. The first-order chi connectivity index (χ1) is 15.4. The normalized spacial score (nSPS) is 11.0. The molecule has 0 saturated heterocycles. The Bertz CT molecular complexity index is 1410. The monoisotopic (exact) mass is 455 g/mol. The van der Waals surface area contributed by atoms with Gasteiger partial charge in [0.2, 0.25) is 0 Å². The van der Waals surface area contributed by atoms with E-state index in [0.717, 1.165) is 22.4 Å². The third-order valence-corrected chi connectivity index (χ3v) is 5.71. The summed E-state index contributed by atoms with van der Waals surface area (Å²) in [6.45, 7) is 0. The van der Waals surface area contributed by atoms with E-state index in [1.54, 1.807) is 24.3 Å². The summed E-state index contributed by atoms with van der Waals surface area (Å²) in [5, 5.41) is 11.6. The smallest absolute Gasteiger partial charge is 0.270 e. The highest BCUT2D eigenvalue weighted by Crippen LogP contribution is 2.31. The molecule has 0 radical (unpaired) electrons. The van der Waals surface area contributed by atoms with Crippen LogP contribution in [0.4, 0.5) is 14.5 Å². The molecule has 7 nitrogen and oxygen atoms in total. The SMILES string of the molecule is COc1ccc([N+](=O)[O-])cc1CSc1nc2ccccc2c(=O)n1-c1ccc(F)cc1F. The van der Waals surface area contributed by atoms with Crippen molar-refractivity contribution in [1.82, 2.24) is 9.55 Å². The van der Waals surface area contributed by atoms with Gasteiger partial charge in [0.15, 0.2) is 5.16 Å². The zero-order valence-corrected chi connectivity index (χ0v) is 17.4. The van der Waals surface area contributed by atoms with E-state index in [0.29, 0.717) is 22.9 Å². The summed E-state index contributed by atoms with van der Waals surface area (Å²) in [6.07, 6.45) is 0. The number of nitrogens with zero attached hydrogens (tertiary/aromatic N) is 3. The Morgan fingerprint density at radius 1 is 1.12 bits per heavy atom. The molecule has 1 heterocycles. The number of halogens is 2. The summed E-state index contributed by atoms with van der Waals surface area (Å²) >= 11 is 1.08. The molecule has 0 fully saturated rings. The standard InChI is InChI=1S/C22H15F2N3O4S/c1-31-20-9-7-15(27(29)30)10-13(20)12-32-22-25-18-5-3-2-4-16(18)21(28)26(22)19-8-6-14(23)11-17(19)24/h2-11H,12H2,1H3. The zero-order valence-electron chi connectivity index (χ0n) is 16.6. The Labute approximate surface area is 184 Å². The summed E-state index contributed by atoms with van der Waals surface area (Å²) < 4.78 is 34.4. The van der Waals surface area contributed by atoms with Gasteiger partial charge < -0.3 is 4.74 Å². The Morgan fingerprint density at radius 3 is 2.62 bits per heavy atom. The lowest BCUT2D eigenvalue weighted by Gasteiger charge is -2.14. The molecule has 0 unspecified atom stereocenters. The highest BCUT2D eigenvalue weighted by molar-refractivity contribution is 7.98. The maximum atomic E-state index is 14.6. The minimum absolute atomic E-state index is 0.116. The molecular weight excluding hydrogens is 440 g/mol. The molecule has 10 heteroatoms. The Balaban J connectivity index is 1.85. The van der Waals surface area contributed by atoms with Crippen molar-refractivity contribution in [2.75, 3.05) is 7.11 Å². The Kier molecular flexibility index (Phi) is 5.87. The van der Waals surface area contributed by atoms with Gasteiger partial charge in [-0.1, -0.05) is 23.9 Å². The number of fused-ring (bicyclic) bond motifs is 1. The van der Waals surface area contributed by atoms with Gasteiger partial charge in [0.1, 0.15) is 17.4 Å². The van der Waals surface area contributed by atoms with Gasteiger partial charge in [-0.25, -0.2) is 13.8 Å². The number of thioether (sulfide) groups is 1. The second kappa shape index (κ2) is 8.75. The Hall–Kier alpha value is -3.79. The number of ether oxygens (including phenoxy) is 1. The lowest BCUT2D eigenvalue weighted by molar-refractivity contribution is -0.384. The number of nitro groups is 1. The van der Waals surface area contributed by atoms with Crippen molar-refractivity contribution in [3.05, 3.63) is 98.3 Å². The highest BCUT2D eigenvalue weighted by atomic mass is 32.2. The molecule has 0 spiro atoms.